The fourth-order valence-electron chi connectivity index (χ4n) is 6.57. The number of carbonyl (C=O) groups is 1. The molecule has 2 aliphatic heterocycles. The number of nitrogens with one attached hydrogen (secondary N) is 1. The predicted octanol–water partition coefficient (Wildman–Crippen LogP) is 0.891. The van der Waals surface area contributed by atoms with Crippen LogP contribution in [0.3, 0.4) is 0 Å². The number of likely N-dealkylation sites (tertiary alicyclic amines) is 1. The monoisotopic (exact) mass is 510 g/mol. The molecule has 1 aromatic carbocycles. The second-order valence-electron chi connectivity index (χ2n) is 8.74. The zero-order valence-electron chi connectivity index (χ0n) is 19.2. The largest absolute Gasteiger partial charge is 0.504 e. The lowest BCUT2D eigenvalue weighted by molar-refractivity contribution is -0.203. The number of hydrogen-bond acceptors (Lipinski definition) is 7. The molecule has 4 aliphatic rings. The number of piperidine rings is 1. The van der Waals surface area contributed by atoms with E-state index in [9.17, 15) is 9.90 Å². The van der Waals surface area contributed by atoms with E-state index < -0.39 is 11.6 Å². The zero-order chi connectivity index (χ0) is 21.7. The number of ether oxygens (including phenoxy) is 2. The predicted molar refractivity (Wildman–Crippen MR) is 128 cm³/mol. The van der Waals surface area contributed by atoms with Crippen LogP contribution in [-0.2, 0) is 21.4 Å². The maximum absolute atomic E-state index is 11.1. The third-order valence-corrected chi connectivity index (χ3v) is 7.57. The van der Waals surface area contributed by atoms with Crippen LogP contribution in [0.1, 0.15) is 37.3 Å². The van der Waals surface area contributed by atoms with Crippen LogP contribution in [0, 0.1) is 0 Å². The van der Waals surface area contributed by atoms with Crippen molar-refractivity contribution in [3.8, 4) is 11.5 Å². The zero-order valence-corrected chi connectivity index (χ0v) is 20.8. The van der Waals surface area contributed by atoms with E-state index in [1.807, 2.05) is 6.07 Å². The maximum Gasteiger partial charge on any atom is 0.317 e. The molecule has 0 unspecified atom stereocenters. The Morgan fingerprint density at radius 2 is 2.00 bits per heavy atom. The van der Waals surface area contributed by atoms with E-state index in [2.05, 4.69) is 17.3 Å². The molecule has 1 saturated carbocycles. The van der Waals surface area contributed by atoms with Crippen LogP contribution in [-0.4, -0.2) is 89.3 Å². The van der Waals surface area contributed by atoms with Crippen molar-refractivity contribution in [2.75, 3.05) is 33.9 Å². The summed E-state index contributed by atoms with van der Waals surface area (Å²) in [6.07, 6.45) is 3.11. The van der Waals surface area contributed by atoms with Crippen LogP contribution in [0.2, 0.25) is 0 Å². The highest BCUT2D eigenvalue weighted by Gasteiger charge is 2.73. The van der Waals surface area contributed by atoms with Gasteiger partial charge in [-0.15, -0.1) is 24.8 Å². The number of rotatable bonds is 4. The highest BCUT2D eigenvalue weighted by Crippen LogP contribution is 2.66. The number of benzene rings is 1. The molecule has 11 heteroatoms. The number of phenolic OH excluding ortho intramolecular Hbond substituents is 1. The molecule has 0 aromatic heterocycles. The number of phenols is 1. The Balaban J connectivity index is 0.000000863. The van der Waals surface area contributed by atoms with E-state index in [1.54, 1.807) is 20.1 Å². The van der Waals surface area contributed by atoms with Gasteiger partial charge in [0.25, 0.3) is 0 Å². The molecule has 1 spiro atoms. The molecule has 1 saturated heterocycles. The first-order chi connectivity index (χ1) is 14.4. The Morgan fingerprint density at radius 1 is 1.33 bits per heavy atom. The van der Waals surface area contributed by atoms with Crippen molar-refractivity contribution in [3.63, 3.8) is 0 Å². The summed E-state index contributed by atoms with van der Waals surface area (Å²) in [5, 5.41) is 30.4. The molecular weight excluding hydrogens is 475 g/mol. The molecule has 1 aromatic rings. The Bertz CT molecular complexity index is 845. The summed E-state index contributed by atoms with van der Waals surface area (Å²) in [5.74, 6) is -0.136. The molecule has 5 rings (SSSR count). The number of hydrogen-bond donors (Lipinski definition) is 4. The number of methoxy groups -OCH3 is 1. The molecule has 0 radical (unpaired) electrons. The fourth-order valence-corrected chi connectivity index (χ4v) is 6.57. The summed E-state index contributed by atoms with van der Waals surface area (Å²) in [4.78, 5) is 13.5. The van der Waals surface area contributed by atoms with Gasteiger partial charge in [0.1, 0.15) is 6.10 Å². The minimum atomic E-state index is -0.875. The van der Waals surface area contributed by atoms with Crippen LogP contribution in [0.15, 0.2) is 12.1 Å². The van der Waals surface area contributed by atoms with Gasteiger partial charge < -0.3 is 40.5 Å². The summed E-state index contributed by atoms with van der Waals surface area (Å²) in [5.41, 5.74) is 1.56. The van der Waals surface area contributed by atoms with Gasteiger partial charge in [0.05, 0.1) is 17.6 Å². The average Bonchev–Trinajstić information content (AvgIpc) is 3.07. The van der Waals surface area contributed by atoms with E-state index in [0.717, 1.165) is 37.8 Å². The Kier molecular flexibility index (Phi) is 9.85. The summed E-state index contributed by atoms with van der Waals surface area (Å²) in [6, 6.07) is 3.89. The third-order valence-electron chi connectivity index (χ3n) is 7.57. The number of carboxylic acid groups (broad SMARTS) is 1. The maximum atomic E-state index is 11.1. The summed E-state index contributed by atoms with van der Waals surface area (Å²) in [7, 11) is 3.95. The summed E-state index contributed by atoms with van der Waals surface area (Å²) < 4.78 is 12.8. The number of nitrogens with zero attached hydrogens (tertiary/aromatic N) is 1. The lowest BCUT2D eigenvalue weighted by Gasteiger charge is -2.65. The molecule has 0 amide bonds. The highest BCUT2D eigenvalue weighted by molar-refractivity contribution is 5.85. The number of carboxylic acids is 1. The summed E-state index contributed by atoms with van der Waals surface area (Å²) in [6.45, 7) is 2.76. The van der Waals surface area contributed by atoms with Gasteiger partial charge in [-0.3, -0.25) is 4.79 Å². The van der Waals surface area contributed by atoms with Crippen molar-refractivity contribution < 1.29 is 35.1 Å². The van der Waals surface area contributed by atoms with Gasteiger partial charge in [0.15, 0.2) is 11.5 Å². The smallest absolute Gasteiger partial charge is 0.317 e. The molecule has 5 atom stereocenters. The van der Waals surface area contributed by atoms with Gasteiger partial charge in [-0.05, 0) is 57.8 Å². The number of aromatic hydroxyl groups is 1. The molecule has 2 heterocycles. The average molecular weight is 511 g/mol. The molecule has 33 heavy (non-hydrogen) atoms. The number of aliphatic hydroxyl groups is 1. The molecule has 2 aliphatic carbocycles. The minimum absolute atomic E-state index is 0. The Labute approximate surface area is 206 Å². The highest BCUT2D eigenvalue weighted by atomic mass is 35.5. The van der Waals surface area contributed by atoms with Gasteiger partial charge >= 0.3 is 5.97 Å². The van der Waals surface area contributed by atoms with Gasteiger partial charge in [-0.2, -0.15) is 0 Å². The van der Waals surface area contributed by atoms with Crippen molar-refractivity contribution in [1.82, 2.24) is 10.2 Å². The van der Waals surface area contributed by atoms with Crippen LogP contribution in [0.25, 0.3) is 0 Å². The normalized spacial score (nSPS) is 32.4. The SMILES string of the molecule is CCO.CO[C@@]12CC[C@@H](NCC(=O)O)[C@@H]3Oc4c(O)ccc5c4[C@@]31CCN(C)[C@@H]2C5.Cl.Cl.O. The van der Waals surface area contributed by atoms with Gasteiger partial charge in [0.2, 0.25) is 0 Å². The van der Waals surface area contributed by atoms with Crippen LogP contribution in [0.4, 0.5) is 0 Å². The van der Waals surface area contributed by atoms with Crippen LogP contribution in [0.5, 0.6) is 11.5 Å². The lowest BCUT2D eigenvalue weighted by atomic mass is 9.48. The van der Waals surface area contributed by atoms with Crippen LogP contribution < -0.4 is 10.1 Å². The first-order valence-electron chi connectivity index (χ1n) is 10.7. The first-order valence-corrected chi connectivity index (χ1v) is 10.7. The van der Waals surface area contributed by atoms with E-state index >= 15 is 0 Å². The van der Waals surface area contributed by atoms with Crippen molar-refractivity contribution in [2.24, 2.45) is 0 Å². The standard InChI is InChI=1S/C20H26N2O5.C2H6O.2ClH.H2O/c1-22-8-7-19-16-11-3-4-13(23)17(16)27-18(19)12(21-10-15(24)25)5-6-20(19,26-2)14(22)9-11;1-2-3;;;/h3-4,12,14,18,21,23H,5-10H2,1-2H3,(H,24,25);3H,2H2,1H3;2*1H;1H2/t12-,14-,18+,19+,20-;;;;/m1..../s1. The molecule has 2 fully saturated rings. The number of likely N-dealkylation sites (N-methyl/N-ethyl adjacent to an activating group) is 1. The minimum Gasteiger partial charge on any atom is -0.504 e. The molecule has 9 nitrogen and oxygen atoms in total. The molecule has 190 valence electrons. The second kappa shape index (κ2) is 10.9. The third kappa shape index (κ3) is 4.07. The number of aliphatic hydroxyl groups excluding tert-OH is 1. The first kappa shape index (κ1) is 29.7. The van der Waals surface area contributed by atoms with E-state index in [1.165, 1.54) is 5.56 Å². The van der Waals surface area contributed by atoms with Crippen molar-refractivity contribution in [3.05, 3.63) is 23.3 Å². The van der Waals surface area contributed by atoms with Crippen molar-refractivity contribution >= 4 is 30.8 Å². The van der Waals surface area contributed by atoms with E-state index in [-0.39, 0.29) is 72.8 Å². The van der Waals surface area contributed by atoms with Gasteiger partial charge in [0, 0.05) is 31.4 Å². The van der Waals surface area contributed by atoms with Crippen molar-refractivity contribution in [2.45, 2.75) is 61.8 Å². The Hall–Kier alpha value is -1.33. The van der Waals surface area contributed by atoms with E-state index in [0.29, 0.717) is 5.75 Å². The topological polar surface area (TPSA) is 143 Å². The van der Waals surface area contributed by atoms with E-state index in [4.69, 9.17) is 19.7 Å². The second-order valence-corrected chi connectivity index (χ2v) is 8.74. The van der Waals surface area contributed by atoms with Crippen molar-refractivity contribution in [1.29, 1.82) is 0 Å². The lowest BCUT2D eigenvalue weighted by Crippen LogP contribution is -2.78. The quantitative estimate of drug-likeness (QED) is 0.467. The van der Waals surface area contributed by atoms with Crippen LogP contribution >= 0.6 is 24.8 Å². The molecular formula is C22H36Cl2N2O7. The number of aliphatic carboxylic acids is 1. The Morgan fingerprint density at radius 3 is 2.61 bits per heavy atom. The molecule has 6 N–H and O–H groups in total. The summed E-state index contributed by atoms with van der Waals surface area (Å²) >= 11 is 0. The number of halogens is 2. The fraction of sp³-hybridized carbons (Fsp3) is 0.682. The van der Waals surface area contributed by atoms with Gasteiger partial charge in [-0.1, -0.05) is 6.07 Å². The molecule has 2 bridgehead atoms. The van der Waals surface area contributed by atoms with Gasteiger partial charge in [-0.25, -0.2) is 0 Å².